The molecule has 0 aromatic heterocycles. The third-order valence-corrected chi connectivity index (χ3v) is 0. The second kappa shape index (κ2) is 9.60. The molecule has 0 aliphatic carbocycles. The van der Waals surface area contributed by atoms with Crippen molar-refractivity contribution in [2.75, 3.05) is 0 Å². The largest absolute Gasteiger partial charge is 2.00 e. The zero-order valence-corrected chi connectivity index (χ0v) is 10.9. The van der Waals surface area contributed by atoms with Crippen LogP contribution in [0, 0.1) is 0 Å². The minimum atomic E-state index is -5.69. The van der Waals surface area contributed by atoms with Gasteiger partial charge < -0.3 is 0 Å². The molecule has 0 saturated carbocycles. The summed E-state index contributed by atoms with van der Waals surface area (Å²) < 4.78 is 66.4. The van der Waals surface area contributed by atoms with Gasteiger partial charge in [-0.1, -0.05) is 0 Å². The summed E-state index contributed by atoms with van der Waals surface area (Å²) in [7, 11) is 0. The van der Waals surface area contributed by atoms with Gasteiger partial charge in [0.2, 0.25) is 0 Å². The van der Waals surface area contributed by atoms with Crippen molar-refractivity contribution >= 4 is 10.1 Å². The molecular formula is H2AgBeI2O8+3. The summed E-state index contributed by atoms with van der Waals surface area (Å²) in [6, 6.07) is 0. The smallest absolute Gasteiger partial charge is 0.256 e. The van der Waals surface area contributed by atoms with Crippen LogP contribution in [0.25, 0.3) is 0 Å². The molecule has 0 aromatic rings. The minimum absolute atomic E-state index is 0. The van der Waals surface area contributed by atoms with E-state index in [2.05, 4.69) is 0 Å². The summed E-state index contributed by atoms with van der Waals surface area (Å²) in [6.07, 6.45) is 0. The minimum Gasteiger partial charge on any atom is -0.256 e. The van der Waals surface area contributed by atoms with Crippen LogP contribution in [0.15, 0.2) is 0 Å². The van der Waals surface area contributed by atoms with Crippen molar-refractivity contribution in [3.63, 3.8) is 0 Å². The summed E-state index contributed by atoms with van der Waals surface area (Å²) in [6.45, 7) is 0. The fraction of sp³-hybridized carbons (Fsp3) is 0. The van der Waals surface area contributed by atoms with Crippen LogP contribution in [0.4, 0.5) is 0 Å². The molecule has 2 N–H and O–H groups in total. The van der Waals surface area contributed by atoms with Crippen molar-refractivity contribution in [1.82, 2.24) is 0 Å². The molecule has 0 spiro atoms. The Bertz CT molecular complexity index is 60.0. The van der Waals surface area contributed by atoms with Crippen LogP contribution >= 0.6 is 0 Å². The standard InChI is InChI=1S/Ag.Be.2HIO4/c;;2*2-1(3,4)5/h;;2*2H/q+1;+2;;. The van der Waals surface area contributed by atoms with E-state index in [1.807, 2.05) is 0 Å². The molecule has 12 heteroatoms. The van der Waals surface area contributed by atoms with Crippen LogP contribution in [0.2, 0.25) is 0 Å². The molecule has 0 aromatic carbocycles. The Morgan fingerprint density at radius 1 is 0.667 bits per heavy atom. The van der Waals surface area contributed by atoms with E-state index in [0.29, 0.717) is 0 Å². The summed E-state index contributed by atoms with van der Waals surface area (Å²) >= 11 is -11.4. The third kappa shape index (κ3) is 350. The predicted molar refractivity (Wildman–Crippen MR) is 10.2 cm³/mol. The molecule has 8 nitrogen and oxygen atoms in total. The molecule has 0 aliphatic heterocycles. The molecule has 0 saturated heterocycles. The summed E-state index contributed by atoms with van der Waals surface area (Å²) in [4.78, 5) is 0. The molecule has 0 bridgehead atoms. The van der Waals surface area contributed by atoms with Crippen LogP contribution in [0.3, 0.4) is 0 Å². The van der Waals surface area contributed by atoms with Gasteiger partial charge in [-0.25, -0.2) is 0 Å². The van der Waals surface area contributed by atoms with Gasteiger partial charge in [-0.2, -0.15) is 0 Å². The first-order chi connectivity index (χ1) is 4.00. The molecule has 0 amide bonds. The van der Waals surface area contributed by atoms with Gasteiger partial charge in [0.1, 0.15) is 0 Å². The van der Waals surface area contributed by atoms with Crippen LogP contribution in [0.1, 0.15) is 0 Å². The van der Waals surface area contributed by atoms with Crippen LogP contribution in [-0.4, -0.2) is 17.0 Å². The Morgan fingerprint density at radius 3 is 0.667 bits per heavy atom. The van der Waals surface area contributed by atoms with E-state index in [1.165, 1.54) is 0 Å². The molecule has 0 atom stereocenters. The zero-order chi connectivity index (χ0) is 9.00. The van der Waals surface area contributed by atoms with Crippen molar-refractivity contribution < 1.29 is 90.1 Å². The number of halogens is 2. The molecule has 0 rings (SSSR count). The van der Waals surface area contributed by atoms with Crippen LogP contribution in [-0.2, 0) is 22.4 Å². The van der Waals surface area contributed by atoms with Gasteiger partial charge >= 0.3 is 72.7 Å². The number of hydrogen-bond donors (Lipinski definition) is 2. The van der Waals surface area contributed by atoms with Gasteiger partial charge in [-0.3, -0.25) is 20.6 Å². The molecule has 0 aliphatic rings. The molecular weight excluding hydrogens is 499 g/mol. The molecule has 74 valence electrons. The second-order valence-electron chi connectivity index (χ2n) is 0.792. The monoisotopic (exact) mass is 500 g/mol. The Morgan fingerprint density at radius 2 is 0.667 bits per heavy atom. The fourth-order valence-corrected chi connectivity index (χ4v) is 0. The van der Waals surface area contributed by atoms with E-state index < -0.39 is 40.2 Å². The van der Waals surface area contributed by atoms with Gasteiger partial charge in [0.05, 0.1) is 0 Å². The SMILES string of the molecule is [Ag+].[Be+2].[O-][I+3]([O-])([O-])O.[O-][I+3]([O-])([O-])O. The predicted octanol–water partition coefficient (Wildman–Crippen LogP) is -14.6. The first-order valence-corrected chi connectivity index (χ1v) is 8.48. The van der Waals surface area contributed by atoms with E-state index >= 15 is 0 Å². The van der Waals surface area contributed by atoms with Gasteiger partial charge in [-0.05, 0) is 0 Å². The fourth-order valence-electron chi connectivity index (χ4n) is 0. The normalized spacial score (nSPS) is 10.0. The maximum absolute atomic E-state index is 8.73. The van der Waals surface area contributed by atoms with Gasteiger partial charge in [0.25, 0.3) is 0 Å². The van der Waals surface area contributed by atoms with Crippen molar-refractivity contribution in [2.45, 2.75) is 0 Å². The first kappa shape index (κ1) is 23.7. The molecule has 12 heavy (non-hydrogen) atoms. The van der Waals surface area contributed by atoms with Crippen molar-refractivity contribution in [3.8, 4) is 0 Å². The van der Waals surface area contributed by atoms with E-state index in [-0.39, 0.29) is 32.5 Å². The van der Waals surface area contributed by atoms with Crippen molar-refractivity contribution in [3.05, 3.63) is 0 Å². The van der Waals surface area contributed by atoms with Crippen molar-refractivity contribution in [1.29, 1.82) is 0 Å². The third-order valence-electron chi connectivity index (χ3n) is 0. The molecule has 0 fully saturated rings. The topological polar surface area (TPSA) is 179 Å². The number of hydrogen-bond acceptors (Lipinski definition) is 8. The summed E-state index contributed by atoms with van der Waals surface area (Å²) in [5.74, 6) is 0. The average Bonchev–Trinajstić information content (AvgIpc) is 1.12. The van der Waals surface area contributed by atoms with Gasteiger partial charge in [0.15, 0.2) is 0 Å². The van der Waals surface area contributed by atoms with Crippen LogP contribution < -0.4 is 60.8 Å². The van der Waals surface area contributed by atoms with Gasteiger partial charge in [0, 0.05) is 6.87 Å². The van der Waals surface area contributed by atoms with E-state index in [1.54, 1.807) is 0 Å². The summed E-state index contributed by atoms with van der Waals surface area (Å²) in [5.41, 5.74) is 0. The summed E-state index contributed by atoms with van der Waals surface area (Å²) in [5, 5.41) is 0. The van der Waals surface area contributed by atoms with Gasteiger partial charge in [-0.15, -0.1) is 0 Å². The van der Waals surface area contributed by atoms with E-state index in [4.69, 9.17) is 27.5 Å². The van der Waals surface area contributed by atoms with Crippen molar-refractivity contribution in [2.24, 2.45) is 0 Å². The molecule has 0 heterocycles. The Hall–Kier alpha value is 2.05. The average molecular weight is 501 g/mol. The number of rotatable bonds is 0. The van der Waals surface area contributed by atoms with E-state index in [0.717, 1.165) is 0 Å². The Balaban J connectivity index is -0.0000000457. The zero-order valence-electron chi connectivity index (χ0n) is 5.11. The quantitative estimate of drug-likeness (QED) is 0.243. The first-order valence-electron chi connectivity index (χ1n) is 1.26. The molecule has 0 radical (unpaired) electrons. The Labute approximate surface area is 99.0 Å². The van der Waals surface area contributed by atoms with E-state index in [9.17, 15) is 0 Å². The second-order valence-corrected chi connectivity index (χ2v) is 5.31. The molecule has 0 unspecified atom stereocenters. The Kier molecular flexibility index (Phi) is 18.9. The van der Waals surface area contributed by atoms with Crippen LogP contribution in [0.5, 0.6) is 0 Å². The maximum Gasteiger partial charge on any atom is 2.00 e. The maximum atomic E-state index is 8.73.